The number of ether oxygens (including phenoxy) is 2. The molecule has 26 heavy (non-hydrogen) atoms. The summed E-state index contributed by atoms with van der Waals surface area (Å²) in [4.78, 5) is 22.5. The summed E-state index contributed by atoms with van der Waals surface area (Å²) < 4.78 is 10.4. The molecule has 4 aliphatic rings. The van der Waals surface area contributed by atoms with Gasteiger partial charge in [-0.1, -0.05) is 12.1 Å². The first-order valence-corrected chi connectivity index (χ1v) is 9.66. The molecule has 140 valence electrons. The van der Waals surface area contributed by atoms with Gasteiger partial charge in [0.05, 0.1) is 0 Å². The van der Waals surface area contributed by atoms with Crippen LogP contribution in [-0.2, 0) is 19.7 Å². The number of hydrogen-bond acceptors (Lipinski definition) is 4. The zero-order chi connectivity index (χ0) is 18.3. The number of hydrogen-bond donors (Lipinski definition) is 1. The maximum atomic E-state index is 11.8. The fraction of sp³-hybridized carbons (Fsp3) is 0.619. The van der Waals surface area contributed by atoms with Crippen molar-refractivity contribution in [3.8, 4) is 5.75 Å². The Bertz CT molecular complexity index is 661. The fourth-order valence-corrected chi connectivity index (χ4v) is 5.86. The van der Waals surface area contributed by atoms with Gasteiger partial charge in [-0.05, 0) is 86.3 Å². The predicted molar refractivity (Wildman–Crippen MR) is 96.5 cm³/mol. The molecule has 0 heterocycles. The van der Waals surface area contributed by atoms with Crippen molar-refractivity contribution in [1.29, 1.82) is 0 Å². The summed E-state index contributed by atoms with van der Waals surface area (Å²) in [5.74, 6) is 2.12. The number of amides is 1. The molecule has 2 N–H and O–H groups in total. The third-order valence-corrected chi connectivity index (χ3v) is 6.51. The van der Waals surface area contributed by atoms with Gasteiger partial charge in [0.2, 0.25) is 0 Å². The van der Waals surface area contributed by atoms with E-state index < -0.39 is 24.6 Å². The largest absolute Gasteiger partial charge is 0.479 e. The maximum absolute atomic E-state index is 11.8. The van der Waals surface area contributed by atoms with E-state index in [0.29, 0.717) is 11.2 Å². The van der Waals surface area contributed by atoms with Crippen LogP contribution in [0.15, 0.2) is 24.3 Å². The van der Waals surface area contributed by atoms with E-state index in [1.165, 1.54) is 44.1 Å². The van der Waals surface area contributed by atoms with Gasteiger partial charge < -0.3 is 15.2 Å². The van der Waals surface area contributed by atoms with Crippen molar-refractivity contribution in [2.45, 2.75) is 57.0 Å². The summed E-state index contributed by atoms with van der Waals surface area (Å²) in [6, 6.07) is 8.24. The minimum atomic E-state index is -0.778. The quantitative estimate of drug-likeness (QED) is 0.794. The van der Waals surface area contributed by atoms with Gasteiger partial charge in [-0.3, -0.25) is 4.79 Å². The average Bonchev–Trinajstić information content (AvgIpc) is 2.59. The van der Waals surface area contributed by atoms with Crippen molar-refractivity contribution in [3.63, 3.8) is 0 Å². The van der Waals surface area contributed by atoms with Gasteiger partial charge >= 0.3 is 5.97 Å². The Kier molecular flexibility index (Phi) is 4.41. The van der Waals surface area contributed by atoms with Gasteiger partial charge in [-0.25, -0.2) is 4.79 Å². The van der Waals surface area contributed by atoms with Gasteiger partial charge in [0.1, 0.15) is 5.75 Å². The van der Waals surface area contributed by atoms with Crippen LogP contribution in [-0.4, -0.2) is 24.6 Å². The summed E-state index contributed by atoms with van der Waals surface area (Å²) in [7, 11) is 0. The lowest BCUT2D eigenvalue weighted by Gasteiger charge is -2.57. The topological polar surface area (TPSA) is 78.6 Å². The van der Waals surface area contributed by atoms with E-state index in [2.05, 4.69) is 12.1 Å². The van der Waals surface area contributed by atoms with Crippen LogP contribution in [0, 0.1) is 17.8 Å². The molecule has 0 spiro atoms. The van der Waals surface area contributed by atoms with E-state index in [1.807, 2.05) is 12.1 Å². The molecule has 4 saturated carbocycles. The zero-order valence-electron chi connectivity index (χ0n) is 15.3. The van der Waals surface area contributed by atoms with Crippen LogP contribution in [0.3, 0.4) is 0 Å². The molecule has 1 aromatic rings. The molecule has 4 aliphatic carbocycles. The first-order chi connectivity index (χ1) is 12.4. The summed E-state index contributed by atoms with van der Waals surface area (Å²) in [5.41, 5.74) is 6.76. The van der Waals surface area contributed by atoms with Gasteiger partial charge in [0, 0.05) is 0 Å². The van der Waals surface area contributed by atoms with E-state index >= 15 is 0 Å². The highest BCUT2D eigenvalue weighted by molar-refractivity contribution is 5.80. The Morgan fingerprint density at radius 1 is 1.08 bits per heavy atom. The highest BCUT2D eigenvalue weighted by Gasteiger charge is 2.51. The van der Waals surface area contributed by atoms with E-state index in [1.54, 1.807) is 6.92 Å². The number of carbonyl (C=O) groups is 2. The first-order valence-electron chi connectivity index (χ1n) is 9.66. The van der Waals surface area contributed by atoms with E-state index in [-0.39, 0.29) is 0 Å². The molecule has 0 aromatic heterocycles. The fourth-order valence-electron chi connectivity index (χ4n) is 5.86. The third-order valence-electron chi connectivity index (χ3n) is 6.51. The van der Waals surface area contributed by atoms with Gasteiger partial charge in [-0.2, -0.15) is 0 Å². The number of benzene rings is 1. The number of nitrogens with two attached hydrogens (primary N) is 1. The maximum Gasteiger partial charge on any atom is 0.347 e. The molecular formula is C21H27NO4. The third kappa shape index (κ3) is 3.31. The van der Waals surface area contributed by atoms with E-state index in [9.17, 15) is 9.59 Å². The van der Waals surface area contributed by atoms with Crippen LogP contribution in [0.5, 0.6) is 5.75 Å². The normalized spacial score (nSPS) is 32.9. The number of esters is 1. The Hall–Kier alpha value is -2.04. The monoisotopic (exact) mass is 357 g/mol. The van der Waals surface area contributed by atoms with Crippen LogP contribution in [0.1, 0.15) is 51.0 Å². The Morgan fingerprint density at radius 2 is 1.62 bits per heavy atom. The highest BCUT2D eigenvalue weighted by atomic mass is 16.6. The van der Waals surface area contributed by atoms with Gasteiger partial charge in [-0.15, -0.1) is 0 Å². The lowest BCUT2D eigenvalue weighted by Crippen LogP contribution is -2.48. The molecule has 0 unspecified atom stereocenters. The highest BCUT2D eigenvalue weighted by Crippen LogP contribution is 2.60. The van der Waals surface area contributed by atoms with Crippen molar-refractivity contribution >= 4 is 11.9 Å². The van der Waals surface area contributed by atoms with Crippen molar-refractivity contribution in [2.75, 3.05) is 6.61 Å². The molecule has 5 nitrogen and oxygen atoms in total. The minimum absolute atomic E-state index is 0.360. The summed E-state index contributed by atoms with van der Waals surface area (Å²) in [6.07, 6.45) is 7.51. The number of primary amides is 1. The Morgan fingerprint density at radius 3 is 2.12 bits per heavy atom. The standard InChI is InChI=1S/C21H27NO4/c1-13(20(24)25-12-19(22)23)26-18-4-2-17(3-5-18)21-9-14-6-15(10-21)8-16(7-14)11-21/h2-5,13-16H,6-12H2,1H3,(H2,22,23)/t13-,14?,15?,16?,21?/m0/s1. The lowest BCUT2D eigenvalue weighted by molar-refractivity contribution is -0.154. The molecule has 1 amide bonds. The van der Waals surface area contributed by atoms with Crippen LogP contribution < -0.4 is 10.5 Å². The summed E-state index contributed by atoms with van der Waals surface area (Å²) >= 11 is 0. The molecule has 5 heteroatoms. The second-order valence-corrected chi connectivity index (χ2v) is 8.56. The van der Waals surface area contributed by atoms with Gasteiger partial charge in [0.15, 0.2) is 12.7 Å². The second-order valence-electron chi connectivity index (χ2n) is 8.56. The number of rotatable bonds is 6. The number of carbonyl (C=O) groups excluding carboxylic acids is 2. The van der Waals surface area contributed by atoms with E-state index in [0.717, 1.165) is 17.8 Å². The van der Waals surface area contributed by atoms with Crippen molar-refractivity contribution in [3.05, 3.63) is 29.8 Å². The van der Waals surface area contributed by atoms with Crippen LogP contribution >= 0.6 is 0 Å². The Balaban J connectivity index is 1.41. The smallest absolute Gasteiger partial charge is 0.347 e. The van der Waals surface area contributed by atoms with Crippen LogP contribution in [0.2, 0.25) is 0 Å². The lowest BCUT2D eigenvalue weighted by atomic mass is 9.48. The second kappa shape index (κ2) is 6.60. The van der Waals surface area contributed by atoms with E-state index in [4.69, 9.17) is 15.2 Å². The SMILES string of the molecule is C[C@H](Oc1ccc(C23CC4CC(CC(C4)C2)C3)cc1)C(=O)OCC(N)=O. The molecule has 1 aromatic carbocycles. The van der Waals surface area contributed by atoms with Crippen molar-refractivity contribution in [1.82, 2.24) is 0 Å². The van der Waals surface area contributed by atoms with Crippen molar-refractivity contribution in [2.24, 2.45) is 23.5 Å². The molecule has 4 fully saturated rings. The average molecular weight is 357 g/mol. The predicted octanol–water partition coefficient (Wildman–Crippen LogP) is 2.95. The molecular weight excluding hydrogens is 330 g/mol. The molecule has 5 rings (SSSR count). The van der Waals surface area contributed by atoms with Crippen molar-refractivity contribution < 1.29 is 19.1 Å². The Labute approximate surface area is 154 Å². The summed E-state index contributed by atoms with van der Waals surface area (Å²) in [6.45, 7) is 1.19. The molecule has 0 radical (unpaired) electrons. The summed E-state index contributed by atoms with van der Waals surface area (Å²) in [5, 5.41) is 0. The van der Waals surface area contributed by atoms with Gasteiger partial charge in [0.25, 0.3) is 5.91 Å². The molecule has 0 saturated heterocycles. The zero-order valence-corrected chi connectivity index (χ0v) is 15.3. The molecule has 1 atom stereocenters. The molecule has 4 bridgehead atoms. The minimum Gasteiger partial charge on any atom is -0.479 e. The van der Waals surface area contributed by atoms with Crippen LogP contribution in [0.25, 0.3) is 0 Å². The van der Waals surface area contributed by atoms with Crippen LogP contribution in [0.4, 0.5) is 0 Å². The first kappa shape index (κ1) is 17.4. The molecule has 0 aliphatic heterocycles.